The Morgan fingerprint density at radius 1 is 1.50 bits per heavy atom. The minimum absolute atomic E-state index is 0.261. The molecule has 0 saturated carbocycles. The van der Waals surface area contributed by atoms with Gasteiger partial charge in [-0.2, -0.15) is 5.26 Å². The second-order valence-corrected chi connectivity index (χ2v) is 2.92. The van der Waals surface area contributed by atoms with Crippen molar-refractivity contribution in [3.63, 3.8) is 0 Å². The number of hydrogen-bond acceptors (Lipinski definition) is 3. The molecule has 0 aromatic heterocycles. The van der Waals surface area contributed by atoms with Gasteiger partial charge < -0.3 is 9.15 Å². The summed E-state index contributed by atoms with van der Waals surface area (Å²) >= 11 is 0. The summed E-state index contributed by atoms with van der Waals surface area (Å²) in [5.74, 6) is 2.14. The number of ether oxygens (including phenoxy) is 1. The molecule has 0 fully saturated rings. The van der Waals surface area contributed by atoms with E-state index in [4.69, 9.17) is 14.4 Å². The van der Waals surface area contributed by atoms with Crippen LogP contribution in [0.1, 0.15) is 5.76 Å². The summed E-state index contributed by atoms with van der Waals surface area (Å²) in [5.41, 5.74) is 0.939. The third kappa shape index (κ3) is 1.31. The van der Waals surface area contributed by atoms with Gasteiger partial charge in [-0.25, -0.2) is 0 Å². The smallest absolute Gasteiger partial charge is 0.137 e. The second-order valence-electron chi connectivity index (χ2n) is 2.92. The fourth-order valence-electron chi connectivity index (χ4n) is 1.42. The van der Waals surface area contributed by atoms with Crippen molar-refractivity contribution in [2.45, 2.75) is 6.42 Å². The van der Waals surface area contributed by atoms with Crippen molar-refractivity contribution < 1.29 is 9.15 Å². The summed E-state index contributed by atoms with van der Waals surface area (Å²) < 4.78 is 10.7. The summed E-state index contributed by atoms with van der Waals surface area (Å²) in [7, 11) is 1.61. The highest BCUT2D eigenvalue weighted by atomic mass is 16.5. The van der Waals surface area contributed by atoms with E-state index in [1.54, 1.807) is 13.2 Å². The van der Waals surface area contributed by atoms with Crippen LogP contribution >= 0.6 is 0 Å². The summed E-state index contributed by atoms with van der Waals surface area (Å²) in [6.07, 6.45) is 0.261. The van der Waals surface area contributed by atoms with Crippen LogP contribution in [0.3, 0.4) is 0 Å². The maximum Gasteiger partial charge on any atom is 0.137 e. The number of methoxy groups -OCH3 is 1. The molecule has 0 radical (unpaired) electrons. The van der Waals surface area contributed by atoms with Crippen molar-refractivity contribution >= 4 is 0 Å². The molecule has 3 heteroatoms. The van der Waals surface area contributed by atoms with E-state index in [0.717, 1.165) is 17.1 Å². The number of nitriles is 1. The van der Waals surface area contributed by atoms with Crippen LogP contribution in [0.2, 0.25) is 0 Å². The van der Waals surface area contributed by atoms with Gasteiger partial charge in [0.1, 0.15) is 17.3 Å². The molecule has 0 N–H and O–H groups in total. The van der Waals surface area contributed by atoms with E-state index < -0.39 is 0 Å². The molecule has 0 saturated heterocycles. The van der Waals surface area contributed by atoms with Gasteiger partial charge in [0.2, 0.25) is 0 Å². The van der Waals surface area contributed by atoms with E-state index >= 15 is 0 Å². The quantitative estimate of drug-likeness (QED) is 0.725. The van der Waals surface area contributed by atoms with Gasteiger partial charge in [0, 0.05) is 6.07 Å². The van der Waals surface area contributed by atoms with Crippen molar-refractivity contribution in [2.75, 3.05) is 7.11 Å². The lowest BCUT2D eigenvalue weighted by atomic mass is 10.2. The van der Waals surface area contributed by atoms with E-state index in [9.17, 15) is 0 Å². The lowest BCUT2D eigenvalue weighted by Crippen LogP contribution is -1.90. The van der Waals surface area contributed by atoms with Crippen molar-refractivity contribution in [1.29, 1.82) is 5.26 Å². The third-order valence-electron chi connectivity index (χ3n) is 2.05. The predicted octanol–water partition coefficient (Wildman–Crippen LogP) is 2.46. The minimum Gasteiger partial charge on any atom is -0.496 e. The normalized spacial score (nSPS) is 10.0. The average Bonchev–Trinajstić information content (AvgIpc) is 2.65. The van der Waals surface area contributed by atoms with Crippen LogP contribution < -0.4 is 4.74 Å². The molecule has 14 heavy (non-hydrogen) atoms. The number of nitrogens with zero attached hydrogens (tertiary/aromatic N) is 1. The van der Waals surface area contributed by atoms with E-state index in [-0.39, 0.29) is 6.42 Å². The topological polar surface area (TPSA) is 46.2 Å². The molecular weight excluding hydrogens is 178 g/mol. The van der Waals surface area contributed by atoms with Crippen molar-refractivity contribution in [1.82, 2.24) is 0 Å². The van der Waals surface area contributed by atoms with Gasteiger partial charge in [-0.3, -0.25) is 0 Å². The fourth-order valence-corrected chi connectivity index (χ4v) is 1.42. The first-order chi connectivity index (χ1) is 6.85. The Kier molecular flexibility index (Phi) is 2.11. The summed E-state index contributed by atoms with van der Waals surface area (Å²) in [4.78, 5) is 0. The lowest BCUT2D eigenvalue weighted by Gasteiger charge is -2.07. The van der Waals surface area contributed by atoms with E-state index in [0.29, 0.717) is 5.76 Å². The Labute approximate surface area is 81.9 Å². The zero-order valence-electron chi connectivity index (χ0n) is 7.78. The highest BCUT2D eigenvalue weighted by Crippen LogP contribution is 2.34. The number of hydrogen-bond donors (Lipinski definition) is 0. The molecule has 0 amide bonds. The zero-order valence-corrected chi connectivity index (χ0v) is 7.78. The summed E-state index contributed by atoms with van der Waals surface area (Å²) in [6.45, 7) is 0. The van der Waals surface area contributed by atoms with Crippen molar-refractivity contribution in [3.8, 4) is 23.1 Å². The van der Waals surface area contributed by atoms with Gasteiger partial charge in [0.15, 0.2) is 0 Å². The van der Waals surface area contributed by atoms with Crippen molar-refractivity contribution in [3.05, 3.63) is 30.0 Å². The second kappa shape index (κ2) is 3.43. The molecule has 0 aromatic carbocycles. The monoisotopic (exact) mass is 187 g/mol. The van der Waals surface area contributed by atoms with Gasteiger partial charge in [0.25, 0.3) is 0 Å². The van der Waals surface area contributed by atoms with Crippen LogP contribution in [0.5, 0.6) is 5.75 Å². The third-order valence-corrected chi connectivity index (χ3v) is 2.05. The molecule has 0 unspecified atom stereocenters. The van der Waals surface area contributed by atoms with Gasteiger partial charge in [-0.15, -0.1) is 0 Å². The van der Waals surface area contributed by atoms with Crippen LogP contribution in [0, 0.1) is 11.3 Å². The van der Waals surface area contributed by atoms with Gasteiger partial charge >= 0.3 is 0 Å². The molecule has 70 valence electrons. The Morgan fingerprint density at radius 3 is 3.07 bits per heavy atom. The standard InChI is InChI=1S/C11H9NO2/c1-13-11-7-8(5-6-12)14-10-4-2-3-9(10)11/h2-4,7H,5H2,1H3. The molecule has 1 heterocycles. The Hall–Kier alpha value is -1.95. The number of fused-ring (bicyclic) bond motifs is 1. The van der Waals surface area contributed by atoms with E-state index in [1.165, 1.54) is 0 Å². The minimum atomic E-state index is 0.261. The first-order valence-corrected chi connectivity index (χ1v) is 4.27. The zero-order chi connectivity index (χ0) is 9.97. The Bertz CT molecular complexity index is 453. The molecule has 2 aliphatic rings. The first-order valence-electron chi connectivity index (χ1n) is 4.27. The number of rotatable bonds is 2. The molecule has 0 aromatic rings. The highest BCUT2D eigenvalue weighted by Gasteiger charge is 2.12. The summed E-state index contributed by atoms with van der Waals surface area (Å²) in [6, 6.07) is 9.48. The molecule has 3 nitrogen and oxygen atoms in total. The van der Waals surface area contributed by atoms with Crippen LogP contribution in [-0.2, 0) is 6.42 Å². The van der Waals surface area contributed by atoms with Gasteiger partial charge in [0.05, 0.1) is 25.2 Å². The Morgan fingerprint density at radius 2 is 2.36 bits per heavy atom. The average molecular weight is 187 g/mol. The van der Waals surface area contributed by atoms with Crippen LogP contribution in [0.15, 0.2) is 28.7 Å². The van der Waals surface area contributed by atoms with Crippen LogP contribution in [0.25, 0.3) is 11.3 Å². The van der Waals surface area contributed by atoms with E-state index in [2.05, 4.69) is 0 Å². The summed E-state index contributed by atoms with van der Waals surface area (Å²) in [5, 5.41) is 8.56. The van der Waals surface area contributed by atoms with Crippen LogP contribution in [0.4, 0.5) is 0 Å². The largest absolute Gasteiger partial charge is 0.496 e. The maximum atomic E-state index is 8.56. The van der Waals surface area contributed by atoms with E-state index in [1.807, 2.05) is 24.3 Å². The van der Waals surface area contributed by atoms with Crippen LogP contribution in [-0.4, -0.2) is 7.11 Å². The Balaban J connectivity index is 2.56. The molecule has 0 bridgehead atoms. The first kappa shape index (κ1) is 8.64. The highest BCUT2D eigenvalue weighted by molar-refractivity contribution is 5.68. The molecule has 2 rings (SSSR count). The molecule has 0 spiro atoms. The molecular formula is C11H9NO2. The van der Waals surface area contributed by atoms with Gasteiger partial charge in [-0.1, -0.05) is 6.07 Å². The molecule has 0 atom stereocenters. The fraction of sp³-hybridized carbons (Fsp3) is 0.182. The maximum absolute atomic E-state index is 8.56. The molecule has 1 aliphatic heterocycles. The lowest BCUT2D eigenvalue weighted by molar-refractivity contribution is 0.405. The molecule has 1 aliphatic carbocycles. The van der Waals surface area contributed by atoms with Crippen molar-refractivity contribution in [2.24, 2.45) is 0 Å². The predicted molar refractivity (Wildman–Crippen MR) is 51.2 cm³/mol. The SMILES string of the molecule is COc1cc(CC#N)oc2cccc1-2. The van der Waals surface area contributed by atoms with Gasteiger partial charge in [-0.05, 0) is 12.1 Å².